The summed E-state index contributed by atoms with van der Waals surface area (Å²) in [5.41, 5.74) is 1.55. The van der Waals surface area contributed by atoms with Crippen molar-refractivity contribution in [2.45, 2.75) is 94.0 Å². The average Bonchev–Trinajstić information content (AvgIpc) is 4.08. The van der Waals surface area contributed by atoms with E-state index in [1.54, 1.807) is 31.5 Å². The molecule has 1 fully saturated rings. The third kappa shape index (κ3) is 7.72. The molecule has 8 rings (SSSR count). The van der Waals surface area contributed by atoms with Crippen LogP contribution in [0.3, 0.4) is 0 Å². The SMILES string of the molecule is CCC1C2=CC=NC2=C[NH+]1c1c2c(cc3c(=O)cc(C)oc13)CC(OOCC(O)C(O)(C[NH+]1CC=C3N=CC=C31)C(O)C(O)CO)C(CCNC)(CCC1CNC(=O)C1)O2. The van der Waals surface area contributed by atoms with Gasteiger partial charge in [0.05, 0.1) is 12.0 Å². The lowest BCUT2D eigenvalue weighted by molar-refractivity contribution is -0.856. The number of aliphatic imine (C=N–C) groups is 2. The van der Waals surface area contributed by atoms with E-state index in [1.807, 2.05) is 25.4 Å². The van der Waals surface area contributed by atoms with Gasteiger partial charge in [-0.25, -0.2) is 9.78 Å². The van der Waals surface area contributed by atoms with Gasteiger partial charge in [0.15, 0.2) is 22.5 Å². The van der Waals surface area contributed by atoms with Crippen LogP contribution in [0.25, 0.3) is 11.0 Å². The van der Waals surface area contributed by atoms with Crippen molar-refractivity contribution in [1.29, 1.82) is 0 Å². The van der Waals surface area contributed by atoms with Gasteiger partial charge in [-0.05, 0) is 51.4 Å². The maximum absolute atomic E-state index is 13.7. The summed E-state index contributed by atoms with van der Waals surface area (Å²) in [6, 6.07) is 3.21. The summed E-state index contributed by atoms with van der Waals surface area (Å²) < 4.78 is 13.8. The highest BCUT2D eigenvalue weighted by atomic mass is 17.2. The first-order valence-corrected chi connectivity index (χ1v) is 20.9. The normalized spacial score (nSPS) is 28.9. The zero-order valence-corrected chi connectivity index (χ0v) is 34.1. The Kier molecular flexibility index (Phi) is 12.1. The van der Waals surface area contributed by atoms with Crippen molar-refractivity contribution in [2.75, 3.05) is 46.4 Å². The molecule has 0 spiro atoms. The number of aliphatic hydroxyl groups is 5. The number of carbonyl (C=O) groups excluding carboxylic acids is 1. The Hall–Kier alpha value is -4.40. The summed E-state index contributed by atoms with van der Waals surface area (Å²) in [7, 11) is 1.84. The number of nitrogens with one attached hydrogen (secondary N) is 4. The van der Waals surface area contributed by atoms with Crippen molar-refractivity contribution in [3.63, 3.8) is 0 Å². The molecular formula is C43H56N6O11+2. The van der Waals surface area contributed by atoms with E-state index in [4.69, 9.17) is 18.9 Å². The van der Waals surface area contributed by atoms with Gasteiger partial charge in [-0.15, -0.1) is 0 Å². The van der Waals surface area contributed by atoms with Gasteiger partial charge in [0.1, 0.15) is 79.1 Å². The minimum Gasteiger partial charge on any atom is -0.478 e. The maximum Gasteiger partial charge on any atom is 0.222 e. The van der Waals surface area contributed by atoms with Crippen LogP contribution in [0.15, 0.2) is 78.4 Å². The van der Waals surface area contributed by atoms with E-state index >= 15 is 0 Å². The van der Waals surface area contributed by atoms with Crippen LogP contribution in [0.4, 0.5) is 5.69 Å². The molecule has 1 aromatic carbocycles. The van der Waals surface area contributed by atoms with Crippen LogP contribution in [0.2, 0.25) is 0 Å². The fourth-order valence-corrected chi connectivity index (χ4v) is 9.66. The van der Waals surface area contributed by atoms with Crippen molar-refractivity contribution in [1.82, 2.24) is 10.6 Å². The third-order valence-electron chi connectivity index (χ3n) is 13.0. The third-order valence-corrected chi connectivity index (χ3v) is 13.0. The first-order chi connectivity index (χ1) is 28.9. The highest BCUT2D eigenvalue weighted by molar-refractivity contribution is 5.90. The minimum atomic E-state index is -2.37. The van der Waals surface area contributed by atoms with Crippen molar-refractivity contribution in [3.8, 4) is 5.75 Å². The van der Waals surface area contributed by atoms with E-state index in [1.165, 1.54) is 6.07 Å². The van der Waals surface area contributed by atoms with Crippen LogP contribution >= 0.6 is 0 Å². The number of benzene rings is 1. The summed E-state index contributed by atoms with van der Waals surface area (Å²) >= 11 is 0. The summed E-state index contributed by atoms with van der Waals surface area (Å²) in [5.74, 6) is 1.06. The number of hydrogen-bond acceptors (Lipinski definition) is 14. The van der Waals surface area contributed by atoms with Gasteiger partial charge in [-0.1, -0.05) is 6.92 Å². The van der Waals surface area contributed by atoms with Gasteiger partial charge >= 0.3 is 0 Å². The largest absolute Gasteiger partial charge is 0.478 e. The Labute approximate surface area is 347 Å². The molecule has 0 radical (unpaired) electrons. The van der Waals surface area contributed by atoms with E-state index in [-0.39, 0.29) is 36.3 Å². The van der Waals surface area contributed by atoms with Crippen LogP contribution < -0.4 is 30.6 Å². The molecule has 10 atom stereocenters. The van der Waals surface area contributed by atoms with E-state index in [9.17, 15) is 35.1 Å². The Bertz CT molecular complexity index is 2250. The monoisotopic (exact) mass is 832 g/mol. The van der Waals surface area contributed by atoms with E-state index in [0.717, 1.165) is 34.0 Å². The standard InChI is InChI=1S/C43H54N6O11/c1-4-31-27-6-11-46-30(27)20-49(31)38-39-26(17-28-33(51)15-24(2)58-40(28)38)18-36(42(59-39,10-13-44-3)9-5-25-16-37(54)47-19-25)60-57-22-35(53)43(56,41(55)34(52)21-50)23-48-14-8-29-32(48)7-12-45-29/h6-8,11-12,15,17,20,25,31,34-36,41,44,50,52-53,55-56H,4-5,9-10,13-14,16,18-19,21-23H2,1-3H3,(H,47,54)/p+2. The van der Waals surface area contributed by atoms with Crippen LogP contribution in [0.5, 0.6) is 5.75 Å². The van der Waals surface area contributed by atoms with Crippen LogP contribution in [-0.4, -0.2) is 132 Å². The first kappa shape index (κ1) is 42.3. The Morgan fingerprint density at radius 1 is 1.12 bits per heavy atom. The zero-order chi connectivity index (χ0) is 42.3. The molecule has 17 nitrogen and oxygen atoms in total. The smallest absolute Gasteiger partial charge is 0.222 e. The maximum atomic E-state index is 13.7. The molecule has 322 valence electrons. The average molecular weight is 833 g/mol. The number of amides is 1. The molecule has 0 aliphatic carbocycles. The molecule has 17 heteroatoms. The van der Waals surface area contributed by atoms with Gasteiger partial charge in [-0.3, -0.25) is 29.4 Å². The molecule has 6 aliphatic rings. The fraction of sp³-hybridized carbons (Fsp3) is 0.535. The number of fused-ring (bicyclic) bond motifs is 4. The fourth-order valence-electron chi connectivity index (χ4n) is 9.66. The van der Waals surface area contributed by atoms with E-state index in [2.05, 4.69) is 27.5 Å². The zero-order valence-electron chi connectivity index (χ0n) is 34.1. The number of carbonyl (C=O) groups is 1. The predicted molar refractivity (Wildman–Crippen MR) is 219 cm³/mol. The van der Waals surface area contributed by atoms with Gasteiger partial charge in [0, 0.05) is 74.0 Å². The Balaban J connectivity index is 1.15. The molecule has 0 saturated carbocycles. The summed E-state index contributed by atoms with van der Waals surface area (Å²) in [6.07, 6.45) is 7.61. The van der Waals surface area contributed by atoms with Gasteiger partial charge in [-0.2, -0.15) is 0 Å². The van der Waals surface area contributed by atoms with Crippen molar-refractivity contribution >= 4 is 35.0 Å². The second-order valence-corrected chi connectivity index (χ2v) is 16.8. The van der Waals surface area contributed by atoms with Crippen molar-refractivity contribution < 1.29 is 59.1 Å². The summed E-state index contributed by atoms with van der Waals surface area (Å²) in [4.78, 5) is 48.7. The number of hydrogen-bond donors (Lipinski definition) is 9. The second-order valence-electron chi connectivity index (χ2n) is 16.8. The number of allylic oxidation sites excluding steroid dienone is 2. The molecule has 2 aromatic rings. The molecule has 10 unspecified atom stereocenters. The quantitative estimate of drug-likeness (QED) is 0.0607. The van der Waals surface area contributed by atoms with Crippen molar-refractivity contribution in [2.24, 2.45) is 15.9 Å². The van der Waals surface area contributed by atoms with Crippen LogP contribution in [-0.2, 0) is 21.0 Å². The van der Waals surface area contributed by atoms with Gasteiger partial charge < -0.3 is 45.3 Å². The van der Waals surface area contributed by atoms with Crippen LogP contribution in [0.1, 0.15) is 50.4 Å². The molecule has 1 saturated heterocycles. The van der Waals surface area contributed by atoms with Gasteiger partial charge in [0.25, 0.3) is 0 Å². The molecular weight excluding hydrogens is 777 g/mol. The molecule has 1 aromatic heterocycles. The molecule has 7 heterocycles. The topological polar surface area (TPSA) is 234 Å². The highest BCUT2D eigenvalue weighted by Gasteiger charge is 2.53. The Morgan fingerprint density at radius 2 is 1.92 bits per heavy atom. The summed E-state index contributed by atoms with van der Waals surface area (Å²) in [5, 5.41) is 61.6. The van der Waals surface area contributed by atoms with Crippen molar-refractivity contribution in [3.05, 3.63) is 80.8 Å². The van der Waals surface area contributed by atoms with Gasteiger partial charge in [0.2, 0.25) is 17.2 Å². The van der Waals surface area contributed by atoms with E-state index in [0.29, 0.717) is 83.9 Å². The number of aliphatic hydroxyl groups excluding tert-OH is 4. The summed E-state index contributed by atoms with van der Waals surface area (Å²) in [6.45, 7) is 3.57. The second kappa shape index (κ2) is 17.2. The minimum absolute atomic E-state index is 0.0113. The molecule has 1 amide bonds. The Morgan fingerprint density at radius 3 is 2.67 bits per heavy atom. The lowest BCUT2D eigenvalue weighted by Gasteiger charge is -2.45. The number of quaternary nitrogens is 2. The molecule has 9 N–H and O–H groups in total. The lowest BCUT2D eigenvalue weighted by atomic mass is 9.79. The first-order valence-electron chi connectivity index (χ1n) is 20.9. The molecule has 60 heavy (non-hydrogen) atoms. The number of rotatable bonds is 18. The number of ether oxygens (including phenoxy) is 1. The number of nitrogens with zero attached hydrogens (tertiary/aromatic N) is 2. The number of aryl methyl sites for hydroxylation is 1. The molecule has 6 aliphatic heterocycles. The van der Waals surface area contributed by atoms with E-state index < -0.39 is 48.8 Å². The van der Waals surface area contributed by atoms with Crippen LogP contribution in [0, 0.1) is 12.8 Å². The molecule has 0 bridgehead atoms. The lowest BCUT2D eigenvalue weighted by Crippen LogP contribution is -3.11. The predicted octanol–water partition coefficient (Wildman–Crippen LogP) is -1.66. The highest BCUT2D eigenvalue weighted by Crippen LogP contribution is 2.47.